The standard InChI is InChI=1S/C22H22O6Si/c1-26-20(23)14-15-29(17-10-6-4-7-11-17,18-12-8-5-9-13-18)19(22(25)28-3)16-21(24)27-2/h4-16H,1-3H3/b15-14+,19-16+. The van der Waals surface area contributed by atoms with Gasteiger partial charge >= 0.3 is 17.9 Å². The second-order valence-corrected chi connectivity index (χ2v) is 9.61. The number of benzene rings is 2. The molecule has 0 aliphatic rings. The predicted molar refractivity (Wildman–Crippen MR) is 111 cm³/mol. The van der Waals surface area contributed by atoms with E-state index in [9.17, 15) is 14.4 Å². The van der Waals surface area contributed by atoms with Gasteiger partial charge in [-0.2, -0.15) is 0 Å². The van der Waals surface area contributed by atoms with Gasteiger partial charge in [-0.1, -0.05) is 66.4 Å². The highest BCUT2D eigenvalue weighted by atomic mass is 28.3. The number of carbonyl (C=O) groups excluding carboxylic acids is 3. The Morgan fingerprint density at radius 3 is 1.62 bits per heavy atom. The van der Waals surface area contributed by atoms with E-state index < -0.39 is 26.0 Å². The molecule has 0 bridgehead atoms. The lowest BCUT2D eigenvalue weighted by Crippen LogP contribution is -2.61. The molecule has 150 valence electrons. The lowest BCUT2D eigenvalue weighted by molar-refractivity contribution is -0.137. The van der Waals surface area contributed by atoms with Crippen LogP contribution in [-0.2, 0) is 28.6 Å². The maximum Gasteiger partial charge on any atom is 0.331 e. The van der Waals surface area contributed by atoms with Crippen LogP contribution in [0.4, 0.5) is 0 Å². The Bertz CT molecular complexity index is 879. The fourth-order valence-electron chi connectivity index (χ4n) is 3.04. The van der Waals surface area contributed by atoms with E-state index in [-0.39, 0.29) is 5.20 Å². The van der Waals surface area contributed by atoms with E-state index >= 15 is 0 Å². The Balaban J connectivity index is 2.95. The van der Waals surface area contributed by atoms with Crippen LogP contribution in [0.3, 0.4) is 0 Å². The van der Waals surface area contributed by atoms with Crippen molar-refractivity contribution in [2.24, 2.45) is 0 Å². The highest BCUT2D eigenvalue weighted by Crippen LogP contribution is 2.20. The summed E-state index contributed by atoms with van der Waals surface area (Å²) >= 11 is 0. The molecule has 0 aromatic heterocycles. The lowest BCUT2D eigenvalue weighted by atomic mass is 10.4. The summed E-state index contributed by atoms with van der Waals surface area (Å²) in [5.74, 6) is -1.94. The zero-order chi connectivity index (χ0) is 21.3. The van der Waals surface area contributed by atoms with Crippen molar-refractivity contribution in [3.63, 3.8) is 0 Å². The molecule has 0 radical (unpaired) electrons. The third-order valence-corrected chi connectivity index (χ3v) is 8.78. The second-order valence-electron chi connectivity index (χ2n) is 5.97. The molecular weight excluding hydrogens is 388 g/mol. The van der Waals surface area contributed by atoms with E-state index in [4.69, 9.17) is 14.2 Å². The molecule has 29 heavy (non-hydrogen) atoms. The number of ether oxygens (including phenoxy) is 3. The number of carbonyl (C=O) groups is 3. The van der Waals surface area contributed by atoms with Gasteiger partial charge in [0.15, 0.2) is 8.07 Å². The Morgan fingerprint density at radius 2 is 1.21 bits per heavy atom. The minimum absolute atomic E-state index is 0.129. The number of rotatable bonds is 7. The normalized spacial score (nSPS) is 11.8. The first-order valence-electron chi connectivity index (χ1n) is 8.76. The predicted octanol–water partition coefficient (Wildman–Crippen LogP) is 1.33. The second kappa shape index (κ2) is 10.2. The largest absolute Gasteiger partial charge is 0.466 e. The fourth-order valence-corrected chi connectivity index (χ4v) is 7.16. The third kappa shape index (κ3) is 4.88. The maximum atomic E-state index is 12.9. The van der Waals surface area contributed by atoms with E-state index in [0.717, 1.165) is 16.4 Å². The van der Waals surface area contributed by atoms with Crippen LogP contribution in [-0.4, -0.2) is 47.3 Å². The van der Waals surface area contributed by atoms with E-state index in [1.165, 1.54) is 27.4 Å². The van der Waals surface area contributed by atoms with Crippen LogP contribution >= 0.6 is 0 Å². The fraction of sp³-hybridized carbons (Fsp3) is 0.136. The molecule has 6 nitrogen and oxygen atoms in total. The molecule has 2 aromatic rings. The molecule has 0 aliphatic carbocycles. The number of hydrogen-bond donors (Lipinski definition) is 0. The zero-order valence-electron chi connectivity index (χ0n) is 16.5. The van der Waals surface area contributed by atoms with Crippen molar-refractivity contribution in [1.82, 2.24) is 0 Å². The molecule has 0 spiro atoms. The first-order valence-corrected chi connectivity index (χ1v) is 10.8. The van der Waals surface area contributed by atoms with Gasteiger partial charge in [0.2, 0.25) is 0 Å². The first kappa shape index (κ1) is 21.8. The van der Waals surface area contributed by atoms with E-state index in [1.54, 1.807) is 5.70 Å². The monoisotopic (exact) mass is 410 g/mol. The van der Waals surface area contributed by atoms with Crippen LogP contribution in [0.5, 0.6) is 0 Å². The highest BCUT2D eigenvalue weighted by molar-refractivity contribution is 7.13. The number of esters is 3. The summed E-state index contributed by atoms with van der Waals surface area (Å²) in [5.41, 5.74) is 1.66. The summed E-state index contributed by atoms with van der Waals surface area (Å²) in [6.07, 6.45) is 2.42. The van der Waals surface area contributed by atoms with E-state index in [2.05, 4.69) is 0 Å². The molecule has 0 saturated carbocycles. The van der Waals surface area contributed by atoms with Gasteiger partial charge in [0.05, 0.1) is 21.3 Å². The molecule has 0 unspecified atom stereocenters. The van der Waals surface area contributed by atoms with Crippen LogP contribution in [0.25, 0.3) is 0 Å². The summed E-state index contributed by atoms with van der Waals surface area (Å²) in [6, 6.07) is 18.4. The Labute approximate surface area is 170 Å². The molecule has 2 rings (SSSR count). The molecule has 0 fully saturated rings. The average molecular weight is 410 g/mol. The van der Waals surface area contributed by atoms with Crippen molar-refractivity contribution >= 4 is 36.4 Å². The third-order valence-electron chi connectivity index (χ3n) is 4.42. The van der Waals surface area contributed by atoms with Crippen LogP contribution in [0.1, 0.15) is 0 Å². The van der Waals surface area contributed by atoms with Crippen LogP contribution in [0.2, 0.25) is 0 Å². The van der Waals surface area contributed by atoms with Gasteiger partial charge in [-0.3, -0.25) is 0 Å². The summed E-state index contributed by atoms with van der Waals surface area (Å²) in [4.78, 5) is 37.0. The SMILES string of the molecule is COC(=O)/C=C/[Si](/C(=C/C(=O)OC)C(=O)OC)(c1ccccc1)c1ccccc1. The zero-order valence-corrected chi connectivity index (χ0v) is 17.5. The summed E-state index contributed by atoms with van der Waals surface area (Å²) in [6.45, 7) is 0. The van der Waals surface area contributed by atoms with E-state index in [0.29, 0.717) is 0 Å². The van der Waals surface area contributed by atoms with Crippen molar-refractivity contribution in [2.75, 3.05) is 21.3 Å². The van der Waals surface area contributed by atoms with Crippen LogP contribution in [0.15, 0.2) is 83.7 Å². The summed E-state index contributed by atoms with van der Waals surface area (Å²) in [5, 5.41) is 1.70. The van der Waals surface area contributed by atoms with Crippen molar-refractivity contribution in [3.8, 4) is 0 Å². The van der Waals surface area contributed by atoms with Crippen molar-refractivity contribution in [2.45, 2.75) is 0 Å². The van der Waals surface area contributed by atoms with Gasteiger partial charge in [0.1, 0.15) is 0 Å². The van der Waals surface area contributed by atoms with Crippen molar-refractivity contribution in [1.29, 1.82) is 0 Å². The average Bonchev–Trinajstić information content (AvgIpc) is 2.79. The molecular formula is C22H22O6Si. The Hall–Kier alpha value is -3.45. The van der Waals surface area contributed by atoms with Crippen molar-refractivity contribution < 1.29 is 28.6 Å². The van der Waals surface area contributed by atoms with Gasteiger partial charge in [-0.05, 0) is 10.4 Å². The Kier molecular flexibility index (Phi) is 7.67. The summed E-state index contributed by atoms with van der Waals surface area (Å²) in [7, 11) is 0.426. The molecule has 0 amide bonds. The summed E-state index contributed by atoms with van der Waals surface area (Å²) < 4.78 is 14.5. The highest BCUT2D eigenvalue weighted by Gasteiger charge is 2.43. The van der Waals surface area contributed by atoms with Gasteiger partial charge in [0, 0.05) is 17.3 Å². The molecule has 0 saturated heterocycles. The van der Waals surface area contributed by atoms with Gasteiger partial charge in [-0.15, -0.1) is 0 Å². The lowest BCUT2D eigenvalue weighted by Gasteiger charge is -2.31. The quantitative estimate of drug-likeness (QED) is 0.297. The smallest absolute Gasteiger partial charge is 0.331 e. The number of methoxy groups -OCH3 is 3. The Morgan fingerprint density at radius 1 is 0.724 bits per heavy atom. The molecule has 0 N–H and O–H groups in total. The van der Waals surface area contributed by atoms with Crippen LogP contribution < -0.4 is 10.4 Å². The minimum atomic E-state index is -3.31. The maximum absolute atomic E-state index is 12.9. The van der Waals surface area contributed by atoms with Gasteiger partial charge in [0.25, 0.3) is 0 Å². The molecule has 0 atom stereocenters. The minimum Gasteiger partial charge on any atom is -0.466 e. The van der Waals surface area contributed by atoms with Gasteiger partial charge < -0.3 is 14.2 Å². The van der Waals surface area contributed by atoms with Crippen molar-refractivity contribution in [3.05, 3.63) is 83.7 Å². The van der Waals surface area contributed by atoms with Gasteiger partial charge in [-0.25, -0.2) is 14.4 Å². The molecule has 0 aliphatic heterocycles. The van der Waals surface area contributed by atoms with E-state index in [1.807, 2.05) is 60.7 Å². The van der Waals surface area contributed by atoms with Crippen LogP contribution in [0, 0.1) is 0 Å². The molecule has 7 heteroatoms. The molecule has 2 aromatic carbocycles. The first-order chi connectivity index (χ1) is 14.0. The topological polar surface area (TPSA) is 78.9 Å². The number of hydrogen-bond acceptors (Lipinski definition) is 6. The molecule has 0 heterocycles.